The number of hydrogen-bond donors (Lipinski definition) is 0. The van der Waals surface area contributed by atoms with E-state index < -0.39 is 32.6 Å². The maximum atomic E-state index is 13.6. The van der Waals surface area contributed by atoms with Gasteiger partial charge in [-0.1, -0.05) is 61.9 Å². The van der Waals surface area contributed by atoms with Crippen molar-refractivity contribution < 1.29 is 31.8 Å². The minimum absolute atomic E-state index is 0.0575. The van der Waals surface area contributed by atoms with E-state index in [1.165, 1.54) is 0 Å². The number of hydrogen-bond acceptors (Lipinski definition) is 5. The standard InChI is InChI=1S/C30H34F3N2O4P/c1-2-3-17-38-23-14-15-34-22(19-23)20-39-40(37)18-9-8-16-35(21-30(31,32)33)29(36)28-26-12-6-4-10-24(26)25-11-5-7-13-27(25)28/h4-7,10-15,19,28,40H,2-3,8-9,16-18,20-21H2,1H3. The van der Waals surface area contributed by atoms with Crippen LogP contribution in [0.5, 0.6) is 5.75 Å². The van der Waals surface area contributed by atoms with Gasteiger partial charge in [-0.2, -0.15) is 13.2 Å². The number of aromatic nitrogens is 1. The maximum absolute atomic E-state index is 13.6. The van der Waals surface area contributed by atoms with E-state index in [2.05, 4.69) is 11.9 Å². The van der Waals surface area contributed by atoms with Crippen LogP contribution < -0.4 is 4.74 Å². The Kier molecular flexibility index (Phi) is 10.4. The van der Waals surface area contributed by atoms with Crippen LogP contribution in [0.2, 0.25) is 0 Å². The highest BCUT2D eigenvalue weighted by atomic mass is 31.1. The van der Waals surface area contributed by atoms with Crippen LogP contribution in [0.15, 0.2) is 66.9 Å². The van der Waals surface area contributed by atoms with E-state index in [1.54, 1.807) is 42.6 Å². The molecule has 1 amide bonds. The van der Waals surface area contributed by atoms with Crippen molar-refractivity contribution in [2.75, 3.05) is 25.9 Å². The Bertz CT molecular complexity index is 1270. The first-order chi connectivity index (χ1) is 19.3. The number of pyridine rings is 1. The Morgan fingerprint density at radius 2 is 1.68 bits per heavy atom. The van der Waals surface area contributed by atoms with E-state index in [1.807, 2.05) is 24.3 Å². The number of unbranched alkanes of at least 4 members (excludes halogenated alkanes) is 2. The van der Waals surface area contributed by atoms with Crippen molar-refractivity contribution in [1.29, 1.82) is 0 Å². The molecule has 1 aliphatic rings. The van der Waals surface area contributed by atoms with Gasteiger partial charge in [0.05, 0.1) is 24.8 Å². The fourth-order valence-corrected chi connectivity index (χ4v) is 5.84. The van der Waals surface area contributed by atoms with Crippen LogP contribution in [0.3, 0.4) is 0 Å². The average Bonchev–Trinajstić information content (AvgIpc) is 3.27. The van der Waals surface area contributed by atoms with Crippen molar-refractivity contribution in [3.8, 4) is 16.9 Å². The zero-order chi connectivity index (χ0) is 28.5. The van der Waals surface area contributed by atoms with Gasteiger partial charge in [-0.25, -0.2) is 0 Å². The summed E-state index contributed by atoms with van der Waals surface area (Å²) in [7, 11) is -2.42. The minimum Gasteiger partial charge on any atom is -0.493 e. The zero-order valence-corrected chi connectivity index (χ0v) is 23.5. The first kappa shape index (κ1) is 29.8. The Labute approximate surface area is 233 Å². The highest BCUT2D eigenvalue weighted by Crippen LogP contribution is 2.45. The van der Waals surface area contributed by atoms with Crippen LogP contribution in [0.4, 0.5) is 13.2 Å². The third kappa shape index (κ3) is 7.95. The topological polar surface area (TPSA) is 68.7 Å². The summed E-state index contributed by atoms with van der Waals surface area (Å²) < 4.78 is 64.0. The van der Waals surface area contributed by atoms with E-state index >= 15 is 0 Å². The summed E-state index contributed by atoms with van der Waals surface area (Å²) in [5, 5.41) is 0. The minimum atomic E-state index is -4.54. The number of rotatable bonds is 14. The molecular formula is C30H34F3N2O4P. The molecule has 0 aliphatic heterocycles. The maximum Gasteiger partial charge on any atom is 0.406 e. The largest absolute Gasteiger partial charge is 0.493 e. The monoisotopic (exact) mass is 574 g/mol. The zero-order valence-electron chi connectivity index (χ0n) is 22.5. The highest BCUT2D eigenvalue weighted by Gasteiger charge is 2.39. The molecule has 1 aliphatic carbocycles. The number of benzene rings is 2. The Morgan fingerprint density at radius 3 is 2.33 bits per heavy atom. The fraction of sp³-hybridized carbons (Fsp3) is 0.400. The molecule has 0 radical (unpaired) electrons. The van der Waals surface area contributed by atoms with E-state index in [4.69, 9.17) is 9.26 Å². The van der Waals surface area contributed by atoms with Gasteiger partial charge >= 0.3 is 6.18 Å². The second-order valence-corrected chi connectivity index (χ2v) is 11.3. The number of fused-ring (bicyclic) bond motifs is 3. The molecule has 0 spiro atoms. The lowest BCUT2D eigenvalue weighted by atomic mass is 9.95. The Hall–Kier alpha value is -3.16. The summed E-state index contributed by atoms with van der Waals surface area (Å²) in [5.41, 5.74) is 3.75. The molecule has 10 heteroatoms. The molecule has 0 bridgehead atoms. The molecule has 1 unspecified atom stereocenters. The van der Waals surface area contributed by atoms with Crippen LogP contribution in [-0.2, 0) is 20.5 Å². The van der Waals surface area contributed by atoms with E-state index in [9.17, 15) is 22.5 Å². The summed E-state index contributed by atoms with van der Waals surface area (Å²) in [4.78, 5) is 18.7. The van der Waals surface area contributed by atoms with E-state index in [0.29, 0.717) is 35.6 Å². The van der Waals surface area contributed by atoms with Gasteiger partial charge in [0, 0.05) is 25.0 Å². The molecule has 1 heterocycles. The van der Waals surface area contributed by atoms with Crippen molar-refractivity contribution in [3.63, 3.8) is 0 Å². The molecule has 0 N–H and O–H groups in total. The third-order valence-electron chi connectivity index (χ3n) is 6.76. The van der Waals surface area contributed by atoms with Crippen molar-refractivity contribution in [3.05, 3.63) is 83.7 Å². The highest BCUT2D eigenvalue weighted by molar-refractivity contribution is 7.39. The lowest BCUT2D eigenvalue weighted by Crippen LogP contribution is -2.42. The van der Waals surface area contributed by atoms with Gasteiger partial charge in [0.25, 0.3) is 0 Å². The number of carbonyl (C=O) groups excluding carboxylic acids is 1. The lowest BCUT2D eigenvalue weighted by Gasteiger charge is -2.27. The van der Waals surface area contributed by atoms with Gasteiger partial charge in [0.2, 0.25) is 5.91 Å². The molecule has 0 saturated heterocycles. The van der Waals surface area contributed by atoms with Gasteiger partial charge in [-0.15, -0.1) is 0 Å². The molecule has 2 aromatic carbocycles. The van der Waals surface area contributed by atoms with Crippen molar-refractivity contribution in [1.82, 2.24) is 9.88 Å². The molecule has 214 valence electrons. The van der Waals surface area contributed by atoms with Gasteiger partial charge in [-0.3, -0.25) is 14.3 Å². The first-order valence-corrected chi connectivity index (χ1v) is 15.1. The third-order valence-corrected chi connectivity index (χ3v) is 7.99. The molecular weight excluding hydrogens is 540 g/mol. The second-order valence-electron chi connectivity index (χ2n) is 9.79. The molecule has 3 aromatic rings. The smallest absolute Gasteiger partial charge is 0.406 e. The summed E-state index contributed by atoms with van der Waals surface area (Å²) in [6, 6.07) is 18.2. The number of carbonyl (C=O) groups is 1. The molecule has 0 saturated carbocycles. The van der Waals surface area contributed by atoms with Crippen molar-refractivity contribution in [2.45, 2.75) is 51.3 Å². The molecule has 0 fully saturated rings. The van der Waals surface area contributed by atoms with Crippen molar-refractivity contribution in [2.24, 2.45) is 0 Å². The summed E-state index contributed by atoms with van der Waals surface area (Å²) in [5.74, 6) is -0.694. The summed E-state index contributed by atoms with van der Waals surface area (Å²) >= 11 is 0. The number of halogens is 3. The molecule has 40 heavy (non-hydrogen) atoms. The molecule has 4 rings (SSSR count). The Morgan fingerprint density at radius 1 is 1.00 bits per heavy atom. The molecule has 1 atom stereocenters. The SMILES string of the molecule is CCCCOc1ccnc(CO[PH](=O)CCCCN(CC(F)(F)F)C(=O)C2c3ccccc3-c3ccccc32)c1. The van der Waals surface area contributed by atoms with Gasteiger partial charge in [0.1, 0.15) is 12.3 Å². The van der Waals surface area contributed by atoms with Crippen LogP contribution >= 0.6 is 8.03 Å². The lowest BCUT2D eigenvalue weighted by molar-refractivity contribution is -0.161. The predicted molar refractivity (Wildman–Crippen MR) is 149 cm³/mol. The first-order valence-electron chi connectivity index (χ1n) is 13.5. The number of ether oxygens (including phenoxy) is 1. The van der Waals surface area contributed by atoms with E-state index in [0.717, 1.165) is 28.9 Å². The quantitative estimate of drug-likeness (QED) is 0.150. The predicted octanol–water partition coefficient (Wildman–Crippen LogP) is 7.24. The average molecular weight is 575 g/mol. The molecule has 1 aromatic heterocycles. The fourth-order valence-electron chi connectivity index (χ4n) is 4.85. The van der Waals surface area contributed by atoms with Crippen LogP contribution in [0.1, 0.15) is 55.3 Å². The second kappa shape index (κ2) is 14.0. The summed E-state index contributed by atoms with van der Waals surface area (Å²) in [6.45, 7) is 1.31. The van der Waals surface area contributed by atoms with Crippen LogP contribution in [0, 0.1) is 0 Å². The van der Waals surface area contributed by atoms with Gasteiger partial charge in [-0.05, 0) is 47.6 Å². The van der Waals surface area contributed by atoms with Crippen LogP contribution in [0.25, 0.3) is 11.1 Å². The van der Waals surface area contributed by atoms with Crippen molar-refractivity contribution >= 4 is 13.9 Å². The molecule has 6 nitrogen and oxygen atoms in total. The summed E-state index contributed by atoms with van der Waals surface area (Å²) in [6.07, 6.45) is -0.124. The number of nitrogens with zero attached hydrogens (tertiary/aromatic N) is 2. The van der Waals surface area contributed by atoms with Gasteiger partial charge < -0.3 is 14.2 Å². The van der Waals surface area contributed by atoms with Gasteiger partial charge in [0.15, 0.2) is 8.03 Å². The number of amides is 1. The Balaban J connectivity index is 1.32. The normalized spacial score (nSPS) is 13.5. The number of alkyl halides is 3. The van der Waals surface area contributed by atoms with Crippen LogP contribution in [-0.4, -0.2) is 47.8 Å². The van der Waals surface area contributed by atoms with E-state index in [-0.39, 0.29) is 25.7 Å².